The van der Waals surface area contributed by atoms with Crippen LogP contribution in [0, 0.1) is 5.92 Å². The van der Waals surface area contributed by atoms with Crippen molar-refractivity contribution >= 4 is 21.6 Å². The Morgan fingerprint density at radius 1 is 1.16 bits per heavy atom. The van der Waals surface area contributed by atoms with Gasteiger partial charge in [0.05, 0.1) is 18.0 Å². The second-order valence-electron chi connectivity index (χ2n) is 6.81. The molecule has 0 aliphatic heterocycles. The van der Waals surface area contributed by atoms with E-state index < -0.39 is 10.0 Å². The number of carbonyl (C=O) groups is 1. The molecule has 142 valence electrons. The van der Waals surface area contributed by atoms with Gasteiger partial charge in [0.2, 0.25) is 15.9 Å². The first kappa shape index (κ1) is 21.4. The van der Waals surface area contributed by atoms with Gasteiger partial charge in [-0.2, -0.15) is 0 Å². The average Bonchev–Trinajstić information content (AvgIpc) is 2.47. The van der Waals surface area contributed by atoms with Crippen LogP contribution in [0.2, 0.25) is 0 Å². The Kier molecular flexibility index (Phi) is 8.38. The van der Waals surface area contributed by atoms with Crippen molar-refractivity contribution in [2.24, 2.45) is 5.92 Å². The van der Waals surface area contributed by atoms with Crippen LogP contribution in [0.5, 0.6) is 5.75 Å². The fourth-order valence-corrected chi connectivity index (χ4v) is 3.07. The van der Waals surface area contributed by atoms with Crippen molar-refractivity contribution < 1.29 is 17.9 Å². The molecule has 1 N–H and O–H groups in total. The number of anilines is 1. The first-order valence-electron chi connectivity index (χ1n) is 8.60. The number of ether oxygens (including phenoxy) is 1. The summed E-state index contributed by atoms with van der Waals surface area (Å²) < 4.78 is 30.8. The zero-order chi connectivity index (χ0) is 19.0. The van der Waals surface area contributed by atoms with Crippen molar-refractivity contribution in [1.82, 2.24) is 4.31 Å². The quantitative estimate of drug-likeness (QED) is 0.687. The third-order valence-electron chi connectivity index (χ3n) is 3.54. The summed E-state index contributed by atoms with van der Waals surface area (Å²) in [6.45, 7) is 8.51. The molecule has 0 spiro atoms. The third kappa shape index (κ3) is 8.36. The lowest BCUT2D eigenvalue weighted by molar-refractivity contribution is -0.116. The monoisotopic (exact) mass is 370 g/mol. The number of sulfonamides is 1. The van der Waals surface area contributed by atoms with Crippen LogP contribution < -0.4 is 10.1 Å². The number of nitrogens with one attached hydrogen (secondary N) is 1. The van der Waals surface area contributed by atoms with Gasteiger partial charge in [0.1, 0.15) is 5.75 Å². The van der Waals surface area contributed by atoms with E-state index in [4.69, 9.17) is 4.74 Å². The topological polar surface area (TPSA) is 75.7 Å². The molecular weight excluding hydrogens is 340 g/mol. The number of para-hydroxylation sites is 2. The van der Waals surface area contributed by atoms with Crippen LogP contribution in [0.25, 0.3) is 0 Å². The lowest BCUT2D eigenvalue weighted by Crippen LogP contribution is -2.34. The van der Waals surface area contributed by atoms with Crippen molar-refractivity contribution in [3.8, 4) is 5.75 Å². The molecule has 0 heterocycles. The molecule has 0 saturated heterocycles. The number of nitrogens with zero attached hydrogens (tertiary/aromatic N) is 1. The molecule has 0 radical (unpaired) electrons. The molecule has 0 bridgehead atoms. The molecule has 0 aliphatic carbocycles. The first-order valence-corrected chi connectivity index (χ1v) is 10.4. The molecular formula is C18H30N2O4S. The lowest BCUT2D eigenvalue weighted by atomic mass is 10.1. The summed E-state index contributed by atoms with van der Waals surface area (Å²) in [7, 11) is -3.32. The second kappa shape index (κ2) is 9.77. The highest BCUT2D eigenvalue weighted by Gasteiger charge is 2.18. The summed E-state index contributed by atoms with van der Waals surface area (Å²) in [5.41, 5.74) is 0.592. The van der Waals surface area contributed by atoms with Gasteiger partial charge in [0.25, 0.3) is 0 Å². The predicted octanol–water partition coefficient (Wildman–Crippen LogP) is 3.11. The van der Waals surface area contributed by atoms with Crippen molar-refractivity contribution in [3.63, 3.8) is 0 Å². The number of amides is 1. The second-order valence-corrected chi connectivity index (χ2v) is 8.79. The molecule has 0 aromatic heterocycles. The fourth-order valence-electron chi connectivity index (χ4n) is 2.21. The summed E-state index contributed by atoms with van der Waals surface area (Å²) in [4.78, 5) is 12.2. The van der Waals surface area contributed by atoms with Crippen LogP contribution in [0.15, 0.2) is 24.3 Å². The van der Waals surface area contributed by atoms with E-state index in [2.05, 4.69) is 5.32 Å². The standard InChI is InChI=1S/C18H30N2O4S/c1-14(2)10-12-20(25(5,22)23)13-11-18(21)19-16-8-6-7-9-17(16)24-15(3)4/h6-9,14-15H,10-13H2,1-5H3,(H,19,21). The van der Waals surface area contributed by atoms with Gasteiger partial charge in [-0.15, -0.1) is 0 Å². The van der Waals surface area contributed by atoms with Gasteiger partial charge < -0.3 is 10.1 Å². The van der Waals surface area contributed by atoms with Gasteiger partial charge in [-0.3, -0.25) is 4.79 Å². The van der Waals surface area contributed by atoms with Gasteiger partial charge in [-0.05, 0) is 38.3 Å². The molecule has 1 aromatic rings. The fraction of sp³-hybridized carbons (Fsp3) is 0.611. The number of hydrogen-bond acceptors (Lipinski definition) is 4. The maximum atomic E-state index is 12.2. The Bertz CT molecular complexity index is 657. The Balaban J connectivity index is 2.66. The zero-order valence-corrected chi connectivity index (χ0v) is 16.6. The number of carbonyl (C=O) groups excluding carboxylic acids is 1. The van der Waals surface area contributed by atoms with E-state index in [1.165, 1.54) is 10.6 Å². The zero-order valence-electron chi connectivity index (χ0n) is 15.8. The molecule has 0 atom stereocenters. The van der Waals surface area contributed by atoms with Gasteiger partial charge in [-0.1, -0.05) is 26.0 Å². The first-order chi connectivity index (χ1) is 11.6. The minimum atomic E-state index is -3.32. The molecule has 0 unspecified atom stereocenters. The minimum Gasteiger partial charge on any atom is -0.489 e. The van der Waals surface area contributed by atoms with Crippen molar-refractivity contribution in [2.45, 2.75) is 46.6 Å². The van der Waals surface area contributed by atoms with E-state index in [1.807, 2.05) is 39.8 Å². The molecule has 1 amide bonds. The number of benzene rings is 1. The van der Waals surface area contributed by atoms with Crippen LogP contribution in [0.1, 0.15) is 40.5 Å². The summed E-state index contributed by atoms with van der Waals surface area (Å²) in [6.07, 6.45) is 2.03. The maximum Gasteiger partial charge on any atom is 0.225 e. The molecule has 0 fully saturated rings. The molecule has 0 saturated carbocycles. The highest BCUT2D eigenvalue weighted by molar-refractivity contribution is 7.88. The van der Waals surface area contributed by atoms with Crippen molar-refractivity contribution in [2.75, 3.05) is 24.7 Å². The minimum absolute atomic E-state index is 0.00480. The van der Waals surface area contributed by atoms with Crippen LogP contribution in [0.4, 0.5) is 5.69 Å². The van der Waals surface area contributed by atoms with Crippen LogP contribution in [-0.4, -0.2) is 44.1 Å². The van der Waals surface area contributed by atoms with Crippen molar-refractivity contribution in [3.05, 3.63) is 24.3 Å². The Hall–Kier alpha value is -1.60. The molecule has 6 nitrogen and oxygen atoms in total. The smallest absolute Gasteiger partial charge is 0.225 e. The van der Waals surface area contributed by atoms with Gasteiger partial charge >= 0.3 is 0 Å². The average molecular weight is 371 g/mol. The van der Waals surface area contributed by atoms with Crippen molar-refractivity contribution in [1.29, 1.82) is 0 Å². The van der Waals surface area contributed by atoms with Gasteiger partial charge in [-0.25, -0.2) is 12.7 Å². The van der Waals surface area contributed by atoms with E-state index in [0.717, 1.165) is 6.42 Å². The predicted molar refractivity (Wildman–Crippen MR) is 101 cm³/mol. The highest BCUT2D eigenvalue weighted by atomic mass is 32.2. The summed E-state index contributed by atoms with van der Waals surface area (Å²) in [6, 6.07) is 7.21. The Labute approximate surface area is 151 Å². The van der Waals surface area contributed by atoms with E-state index in [0.29, 0.717) is 23.9 Å². The lowest BCUT2D eigenvalue weighted by Gasteiger charge is -2.21. The largest absolute Gasteiger partial charge is 0.489 e. The number of hydrogen-bond donors (Lipinski definition) is 1. The summed E-state index contributed by atoms with van der Waals surface area (Å²) >= 11 is 0. The molecule has 0 aliphatic rings. The van der Waals surface area contributed by atoms with E-state index in [1.54, 1.807) is 12.1 Å². The molecule has 1 rings (SSSR count). The molecule has 25 heavy (non-hydrogen) atoms. The third-order valence-corrected chi connectivity index (χ3v) is 4.84. The Morgan fingerprint density at radius 3 is 2.36 bits per heavy atom. The molecule has 7 heteroatoms. The maximum absolute atomic E-state index is 12.2. The number of rotatable bonds is 10. The van der Waals surface area contributed by atoms with Gasteiger partial charge in [0.15, 0.2) is 0 Å². The van der Waals surface area contributed by atoms with Crippen LogP contribution in [-0.2, 0) is 14.8 Å². The summed E-state index contributed by atoms with van der Waals surface area (Å²) in [5.74, 6) is 0.766. The van der Waals surface area contributed by atoms with Gasteiger partial charge in [0, 0.05) is 19.5 Å². The SMILES string of the molecule is CC(C)CCN(CCC(=O)Nc1ccccc1OC(C)C)S(C)(=O)=O. The van der Waals surface area contributed by atoms with E-state index in [9.17, 15) is 13.2 Å². The van der Waals surface area contributed by atoms with Crippen LogP contribution >= 0.6 is 0 Å². The normalized spacial score (nSPS) is 12.0. The van der Waals surface area contributed by atoms with E-state index in [-0.39, 0.29) is 25.0 Å². The van der Waals surface area contributed by atoms with E-state index >= 15 is 0 Å². The Morgan fingerprint density at radius 2 is 1.80 bits per heavy atom. The van der Waals surface area contributed by atoms with Crippen LogP contribution in [0.3, 0.4) is 0 Å². The highest BCUT2D eigenvalue weighted by Crippen LogP contribution is 2.25. The molecule has 1 aromatic carbocycles. The summed E-state index contributed by atoms with van der Waals surface area (Å²) in [5, 5.41) is 2.80.